The Bertz CT molecular complexity index is 1730. The molecule has 0 bridgehead atoms. The Balaban J connectivity index is 1.83. The van der Waals surface area contributed by atoms with Crippen LogP contribution in [-0.4, -0.2) is 43.3 Å². The van der Waals surface area contributed by atoms with Crippen LogP contribution in [0.5, 0.6) is 0 Å². The largest absolute Gasteiger partial charge is 0.350 e. The summed E-state index contributed by atoms with van der Waals surface area (Å²) in [4.78, 5) is 29.8. The predicted octanol–water partition coefficient (Wildman–Crippen LogP) is 6.54. The Morgan fingerprint density at radius 1 is 0.867 bits per heavy atom. The lowest BCUT2D eigenvalue weighted by Gasteiger charge is -2.35. The fourth-order valence-electron chi connectivity index (χ4n) is 4.93. The van der Waals surface area contributed by atoms with Crippen LogP contribution in [0.1, 0.15) is 37.5 Å². The van der Waals surface area contributed by atoms with Crippen molar-refractivity contribution in [2.24, 2.45) is 0 Å². The number of rotatable bonds is 11. The van der Waals surface area contributed by atoms with Crippen molar-refractivity contribution in [2.45, 2.75) is 57.1 Å². The summed E-state index contributed by atoms with van der Waals surface area (Å²) in [5, 5.41) is 3.40. The molecule has 0 spiro atoms. The molecule has 0 heterocycles. The molecule has 0 aliphatic rings. The number of carbonyl (C=O) groups excluding carboxylic acids is 2. The third kappa shape index (κ3) is 8.93. The second-order valence-corrected chi connectivity index (χ2v) is 14.1. The quantitative estimate of drug-likeness (QED) is 0.200. The number of aryl methyl sites for hydroxylation is 1. The molecule has 4 aromatic rings. The number of nitrogens with zero attached hydrogens (tertiary/aromatic N) is 2. The summed E-state index contributed by atoms with van der Waals surface area (Å²) in [5.41, 5.74) is 1.60. The molecule has 0 aliphatic carbocycles. The number of anilines is 1. The second kappa shape index (κ2) is 14.3. The maximum atomic E-state index is 14.5. The molecular formula is C35H37ClFN3O4S. The number of sulfonamides is 1. The van der Waals surface area contributed by atoms with Crippen LogP contribution in [0.4, 0.5) is 10.1 Å². The highest BCUT2D eigenvalue weighted by Gasteiger charge is 2.36. The third-order valence-electron chi connectivity index (χ3n) is 7.07. The van der Waals surface area contributed by atoms with Gasteiger partial charge in [0.05, 0.1) is 10.6 Å². The number of nitrogens with one attached hydrogen (secondary N) is 1. The van der Waals surface area contributed by atoms with Gasteiger partial charge in [-0.05, 0) is 86.8 Å². The molecule has 0 fully saturated rings. The van der Waals surface area contributed by atoms with Crippen LogP contribution < -0.4 is 9.62 Å². The monoisotopic (exact) mass is 649 g/mol. The van der Waals surface area contributed by atoms with Crippen molar-refractivity contribution >= 4 is 39.1 Å². The van der Waals surface area contributed by atoms with E-state index in [9.17, 15) is 22.4 Å². The van der Waals surface area contributed by atoms with Gasteiger partial charge in [0.1, 0.15) is 18.4 Å². The first-order valence-electron chi connectivity index (χ1n) is 14.5. The number of hydrogen-bond acceptors (Lipinski definition) is 4. The average Bonchev–Trinajstić information content (AvgIpc) is 2.99. The first-order valence-corrected chi connectivity index (χ1v) is 16.3. The van der Waals surface area contributed by atoms with Crippen LogP contribution in [0, 0.1) is 12.7 Å². The van der Waals surface area contributed by atoms with Gasteiger partial charge in [-0.1, -0.05) is 72.3 Å². The molecule has 0 unspecified atom stereocenters. The van der Waals surface area contributed by atoms with E-state index in [1.54, 1.807) is 55.5 Å². The first-order chi connectivity index (χ1) is 21.2. The van der Waals surface area contributed by atoms with Crippen LogP contribution in [0.3, 0.4) is 0 Å². The molecule has 0 radical (unpaired) electrons. The van der Waals surface area contributed by atoms with Crippen molar-refractivity contribution in [3.63, 3.8) is 0 Å². The van der Waals surface area contributed by atoms with Crippen LogP contribution in [0.25, 0.3) is 0 Å². The van der Waals surface area contributed by atoms with Crippen molar-refractivity contribution in [1.82, 2.24) is 10.2 Å². The lowest BCUT2D eigenvalue weighted by atomic mass is 10.0. The maximum Gasteiger partial charge on any atom is 0.264 e. The number of benzene rings is 4. The van der Waals surface area contributed by atoms with Crippen LogP contribution in [0.2, 0.25) is 5.02 Å². The highest BCUT2D eigenvalue weighted by atomic mass is 35.5. The molecule has 7 nitrogen and oxygen atoms in total. The third-order valence-corrected chi connectivity index (χ3v) is 9.08. The lowest BCUT2D eigenvalue weighted by molar-refractivity contribution is -0.140. The SMILES string of the molecule is Cc1cc(Cl)ccc1N(CC(=O)N(Cc1ccc(F)cc1)[C@@H](Cc1ccccc1)C(=O)NC(C)(C)C)S(=O)(=O)c1ccccc1. The number of halogens is 2. The van der Waals surface area contributed by atoms with Gasteiger partial charge < -0.3 is 10.2 Å². The Morgan fingerprint density at radius 3 is 2.04 bits per heavy atom. The Labute approximate surface area is 269 Å². The van der Waals surface area contributed by atoms with Crippen molar-refractivity contribution in [3.05, 3.63) is 131 Å². The van der Waals surface area contributed by atoms with Gasteiger partial charge in [0.25, 0.3) is 10.0 Å². The Hall–Kier alpha value is -4.21. The average molecular weight is 650 g/mol. The summed E-state index contributed by atoms with van der Waals surface area (Å²) in [6.07, 6.45) is 0.168. The van der Waals surface area contributed by atoms with Crippen LogP contribution >= 0.6 is 11.6 Å². The summed E-state index contributed by atoms with van der Waals surface area (Å²) in [6, 6.07) is 26.5. The van der Waals surface area contributed by atoms with Crippen LogP contribution in [0.15, 0.2) is 108 Å². The molecule has 1 N–H and O–H groups in total. The molecule has 1 atom stereocenters. The Kier molecular flexibility index (Phi) is 10.7. The van der Waals surface area contributed by atoms with Crippen molar-refractivity contribution in [3.8, 4) is 0 Å². The van der Waals surface area contributed by atoms with Gasteiger partial charge >= 0.3 is 0 Å². The van der Waals surface area contributed by atoms with E-state index in [2.05, 4.69) is 5.32 Å². The zero-order valence-corrected chi connectivity index (χ0v) is 27.3. The van der Waals surface area contributed by atoms with E-state index in [0.29, 0.717) is 16.1 Å². The highest BCUT2D eigenvalue weighted by Crippen LogP contribution is 2.29. The van der Waals surface area contributed by atoms with Gasteiger partial charge in [0.2, 0.25) is 11.8 Å². The molecule has 0 saturated carbocycles. The molecule has 0 saturated heterocycles. The fraction of sp³-hybridized carbons (Fsp3) is 0.257. The summed E-state index contributed by atoms with van der Waals surface area (Å²) >= 11 is 6.20. The minimum absolute atomic E-state index is 0.00328. The molecule has 4 rings (SSSR count). The molecule has 0 aromatic heterocycles. The first kappa shape index (κ1) is 33.7. The van der Waals surface area contributed by atoms with E-state index in [-0.39, 0.29) is 23.5 Å². The molecule has 10 heteroatoms. The topological polar surface area (TPSA) is 86.8 Å². The molecule has 0 aliphatic heterocycles. The van der Waals surface area contributed by atoms with E-state index in [4.69, 9.17) is 11.6 Å². The molecule has 236 valence electrons. The van der Waals surface area contributed by atoms with Gasteiger partial charge in [-0.2, -0.15) is 0 Å². The van der Waals surface area contributed by atoms with E-state index < -0.39 is 45.8 Å². The predicted molar refractivity (Wildman–Crippen MR) is 176 cm³/mol. The lowest BCUT2D eigenvalue weighted by Crippen LogP contribution is -2.56. The zero-order chi connectivity index (χ0) is 32.8. The smallest absolute Gasteiger partial charge is 0.264 e. The van der Waals surface area contributed by atoms with Crippen molar-refractivity contribution in [2.75, 3.05) is 10.8 Å². The Morgan fingerprint density at radius 2 is 1.47 bits per heavy atom. The number of amides is 2. The van der Waals surface area contributed by atoms with Gasteiger partial charge in [0, 0.05) is 23.5 Å². The summed E-state index contributed by atoms with van der Waals surface area (Å²) in [7, 11) is -4.24. The minimum atomic E-state index is -4.24. The highest BCUT2D eigenvalue weighted by molar-refractivity contribution is 7.92. The van der Waals surface area contributed by atoms with Gasteiger partial charge in [-0.25, -0.2) is 12.8 Å². The number of hydrogen-bond donors (Lipinski definition) is 1. The number of carbonyl (C=O) groups is 2. The normalized spacial score (nSPS) is 12.3. The standard InChI is InChI=1S/C35H37ClFN3O4S/c1-25-21-28(36)17-20-31(25)40(45(43,44)30-13-9-6-10-14-30)24-33(41)39(23-27-15-18-29(37)19-16-27)32(34(42)38-35(2,3)4)22-26-11-7-5-8-12-26/h5-21,32H,22-24H2,1-4H3,(H,38,42)/t32-/m0/s1. The van der Waals surface area contributed by atoms with E-state index in [1.807, 2.05) is 51.1 Å². The summed E-state index contributed by atoms with van der Waals surface area (Å²) in [6.45, 7) is 6.57. The molecule has 4 aromatic carbocycles. The molecule has 2 amide bonds. The maximum absolute atomic E-state index is 14.5. The summed E-state index contributed by atoms with van der Waals surface area (Å²) in [5.74, 6) is -1.46. The molecular weight excluding hydrogens is 613 g/mol. The van der Waals surface area contributed by atoms with Crippen LogP contribution in [-0.2, 0) is 32.6 Å². The van der Waals surface area contributed by atoms with E-state index in [0.717, 1.165) is 9.87 Å². The van der Waals surface area contributed by atoms with E-state index >= 15 is 0 Å². The van der Waals surface area contributed by atoms with E-state index in [1.165, 1.54) is 29.2 Å². The minimum Gasteiger partial charge on any atom is -0.350 e. The van der Waals surface area contributed by atoms with Crippen molar-refractivity contribution in [1.29, 1.82) is 0 Å². The fourth-order valence-corrected chi connectivity index (χ4v) is 6.65. The second-order valence-electron chi connectivity index (χ2n) is 11.8. The zero-order valence-electron chi connectivity index (χ0n) is 25.7. The van der Waals surface area contributed by atoms with Crippen molar-refractivity contribution < 1.29 is 22.4 Å². The van der Waals surface area contributed by atoms with Gasteiger partial charge in [0.15, 0.2) is 0 Å². The van der Waals surface area contributed by atoms with Gasteiger partial charge in [-0.3, -0.25) is 13.9 Å². The molecule has 45 heavy (non-hydrogen) atoms. The van der Waals surface area contributed by atoms with Gasteiger partial charge in [-0.15, -0.1) is 0 Å². The summed E-state index contributed by atoms with van der Waals surface area (Å²) < 4.78 is 43.1.